The molecule has 0 aliphatic heterocycles. The molecule has 0 radical (unpaired) electrons. The van der Waals surface area contributed by atoms with Crippen molar-refractivity contribution in [2.24, 2.45) is 5.73 Å². The number of benzene rings is 1. The van der Waals surface area contributed by atoms with Crippen LogP contribution in [0.2, 0.25) is 5.28 Å². The summed E-state index contributed by atoms with van der Waals surface area (Å²) in [5.41, 5.74) is 5.51. The Labute approximate surface area is 108 Å². The van der Waals surface area contributed by atoms with Crippen molar-refractivity contribution in [2.45, 2.75) is 0 Å². The molecule has 6 nitrogen and oxygen atoms in total. The summed E-state index contributed by atoms with van der Waals surface area (Å²) in [6.45, 7) is 0.186. The second-order valence-corrected chi connectivity index (χ2v) is 3.67. The van der Waals surface area contributed by atoms with Crippen molar-refractivity contribution in [2.75, 3.05) is 13.2 Å². The highest BCUT2D eigenvalue weighted by molar-refractivity contribution is 6.28. The predicted molar refractivity (Wildman–Crippen MR) is 65.6 cm³/mol. The van der Waals surface area contributed by atoms with Gasteiger partial charge >= 0.3 is 6.09 Å². The van der Waals surface area contributed by atoms with Crippen LogP contribution in [0.4, 0.5) is 4.79 Å². The van der Waals surface area contributed by atoms with Crippen LogP contribution in [-0.2, 0) is 4.74 Å². The Morgan fingerprint density at radius 2 is 2.06 bits per heavy atom. The third-order valence-electron chi connectivity index (χ3n) is 2.11. The Morgan fingerprint density at radius 1 is 1.28 bits per heavy atom. The van der Waals surface area contributed by atoms with Crippen LogP contribution in [0.1, 0.15) is 0 Å². The van der Waals surface area contributed by atoms with E-state index in [0.29, 0.717) is 11.4 Å². The number of halogens is 1. The van der Waals surface area contributed by atoms with Crippen molar-refractivity contribution in [1.29, 1.82) is 0 Å². The lowest BCUT2D eigenvalue weighted by Crippen LogP contribution is -2.17. The monoisotopic (exact) mass is 267 g/mol. The van der Waals surface area contributed by atoms with E-state index in [9.17, 15) is 4.79 Å². The molecule has 7 heteroatoms. The molecule has 2 aromatic rings. The van der Waals surface area contributed by atoms with E-state index in [1.165, 1.54) is 0 Å². The second-order valence-electron chi connectivity index (χ2n) is 3.33. The van der Waals surface area contributed by atoms with Gasteiger partial charge in [-0.15, -0.1) is 0 Å². The fourth-order valence-electron chi connectivity index (χ4n) is 1.41. The fraction of sp³-hybridized carbons (Fsp3) is 0.182. The van der Waals surface area contributed by atoms with Crippen LogP contribution in [0.5, 0.6) is 5.88 Å². The fourth-order valence-corrected chi connectivity index (χ4v) is 1.58. The number of fused-ring (bicyclic) bond motifs is 1. The predicted octanol–water partition coefficient (Wildman–Crippen LogP) is 1.76. The molecular weight excluding hydrogens is 258 g/mol. The van der Waals surface area contributed by atoms with Gasteiger partial charge in [-0.1, -0.05) is 12.1 Å². The number of nitrogens with two attached hydrogens (primary N) is 1. The minimum Gasteiger partial charge on any atom is -0.473 e. The van der Waals surface area contributed by atoms with Gasteiger partial charge in [0.25, 0.3) is 0 Å². The average Bonchev–Trinajstić information content (AvgIpc) is 2.34. The molecule has 0 atom stereocenters. The van der Waals surface area contributed by atoms with Gasteiger partial charge in [-0.25, -0.2) is 9.78 Å². The molecule has 1 aromatic carbocycles. The van der Waals surface area contributed by atoms with Crippen molar-refractivity contribution in [3.63, 3.8) is 0 Å². The SMILES string of the molecule is NC(=O)OCCOc1nc(Cl)nc2ccccc12. The summed E-state index contributed by atoms with van der Waals surface area (Å²) in [6, 6.07) is 7.30. The van der Waals surface area contributed by atoms with Gasteiger partial charge in [-0.3, -0.25) is 0 Å². The summed E-state index contributed by atoms with van der Waals surface area (Å²) in [4.78, 5) is 18.4. The second kappa shape index (κ2) is 5.50. The molecule has 0 saturated carbocycles. The van der Waals surface area contributed by atoms with Crippen molar-refractivity contribution in [3.8, 4) is 5.88 Å². The molecular formula is C11H10ClN3O3. The van der Waals surface area contributed by atoms with Gasteiger partial charge in [0.05, 0.1) is 10.9 Å². The molecule has 0 fully saturated rings. The smallest absolute Gasteiger partial charge is 0.404 e. The Hall–Kier alpha value is -2.08. The zero-order valence-corrected chi connectivity index (χ0v) is 10.1. The van der Waals surface area contributed by atoms with Crippen molar-refractivity contribution in [3.05, 3.63) is 29.5 Å². The van der Waals surface area contributed by atoms with Crippen LogP contribution in [0.25, 0.3) is 10.9 Å². The maximum atomic E-state index is 10.4. The Morgan fingerprint density at radius 3 is 2.83 bits per heavy atom. The van der Waals surface area contributed by atoms with Crippen molar-refractivity contribution < 1.29 is 14.3 Å². The molecule has 1 heterocycles. The highest BCUT2D eigenvalue weighted by Crippen LogP contribution is 2.23. The maximum Gasteiger partial charge on any atom is 0.404 e. The number of hydrogen-bond donors (Lipinski definition) is 1. The zero-order valence-electron chi connectivity index (χ0n) is 9.30. The van der Waals surface area contributed by atoms with Crippen LogP contribution < -0.4 is 10.5 Å². The number of nitrogens with zero attached hydrogens (tertiary/aromatic N) is 2. The summed E-state index contributed by atoms with van der Waals surface area (Å²) in [5, 5.41) is 0.834. The molecule has 2 rings (SSSR count). The van der Waals surface area contributed by atoms with E-state index in [2.05, 4.69) is 14.7 Å². The van der Waals surface area contributed by atoms with Crippen molar-refractivity contribution in [1.82, 2.24) is 9.97 Å². The van der Waals surface area contributed by atoms with Gasteiger partial charge in [0.1, 0.15) is 13.2 Å². The first-order chi connectivity index (χ1) is 8.66. The lowest BCUT2D eigenvalue weighted by Gasteiger charge is -2.08. The van der Waals surface area contributed by atoms with E-state index < -0.39 is 6.09 Å². The van der Waals surface area contributed by atoms with Gasteiger partial charge in [-0.05, 0) is 23.7 Å². The maximum absolute atomic E-state index is 10.4. The van der Waals surface area contributed by atoms with E-state index in [-0.39, 0.29) is 18.5 Å². The number of carbonyl (C=O) groups excluding carboxylic acids is 1. The van der Waals surface area contributed by atoms with Crippen LogP contribution >= 0.6 is 11.6 Å². The number of primary amides is 1. The quantitative estimate of drug-likeness (QED) is 0.674. The molecule has 0 saturated heterocycles. The van der Waals surface area contributed by atoms with E-state index in [4.69, 9.17) is 22.1 Å². The Kier molecular flexibility index (Phi) is 3.78. The average molecular weight is 268 g/mol. The lowest BCUT2D eigenvalue weighted by atomic mass is 10.2. The summed E-state index contributed by atoms with van der Waals surface area (Å²) >= 11 is 5.78. The molecule has 1 aromatic heterocycles. The molecule has 0 aliphatic rings. The number of amides is 1. The molecule has 0 unspecified atom stereocenters. The van der Waals surface area contributed by atoms with Gasteiger partial charge in [0.15, 0.2) is 0 Å². The number of para-hydroxylation sites is 1. The van der Waals surface area contributed by atoms with Crippen LogP contribution in [0, 0.1) is 0 Å². The minimum atomic E-state index is -0.843. The van der Waals surface area contributed by atoms with E-state index in [1.807, 2.05) is 18.2 Å². The van der Waals surface area contributed by atoms with Gasteiger partial charge in [0.2, 0.25) is 11.2 Å². The summed E-state index contributed by atoms with van der Waals surface area (Å²) in [6.07, 6.45) is -0.843. The van der Waals surface area contributed by atoms with Gasteiger partial charge < -0.3 is 15.2 Å². The number of carbonyl (C=O) groups is 1. The Balaban J connectivity index is 2.14. The van der Waals surface area contributed by atoms with Crippen molar-refractivity contribution >= 4 is 28.6 Å². The summed E-state index contributed by atoms with van der Waals surface area (Å²) in [5.74, 6) is 0.346. The molecule has 0 aliphatic carbocycles. The number of hydrogen-bond acceptors (Lipinski definition) is 5. The van der Waals surface area contributed by atoms with E-state index in [0.717, 1.165) is 5.39 Å². The van der Waals surface area contributed by atoms with E-state index in [1.54, 1.807) is 6.07 Å². The standard InChI is InChI=1S/C11H10ClN3O3/c12-10-14-8-4-2-1-3-7(8)9(15-10)17-5-6-18-11(13)16/h1-4H,5-6H2,(H2,13,16). The summed E-state index contributed by atoms with van der Waals surface area (Å²) in [7, 11) is 0. The summed E-state index contributed by atoms with van der Waals surface area (Å²) < 4.78 is 9.93. The first kappa shape index (κ1) is 12.4. The molecule has 18 heavy (non-hydrogen) atoms. The molecule has 1 amide bonds. The number of ether oxygens (including phenoxy) is 2. The minimum absolute atomic E-state index is 0.0469. The largest absolute Gasteiger partial charge is 0.473 e. The number of aromatic nitrogens is 2. The highest BCUT2D eigenvalue weighted by Gasteiger charge is 2.07. The molecule has 0 bridgehead atoms. The molecule has 94 valence electrons. The van der Waals surface area contributed by atoms with Crippen LogP contribution in [0.15, 0.2) is 24.3 Å². The van der Waals surface area contributed by atoms with Crippen LogP contribution in [-0.4, -0.2) is 29.3 Å². The number of rotatable bonds is 4. The van der Waals surface area contributed by atoms with Gasteiger partial charge in [0, 0.05) is 0 Å². The Bertz CT molecular complexity index is 576. The first-order valence-corrected chi connectivity index (χ1v) is 5.52. The highest BCUT2D eigenvalue weighted by atomic mass is 35.5. The topological polar surface area (TPSA) is 87.3 Å². The normalized spacial score (nSPS) is 10.3. The molecule has 0 spiro atoms. The lowest BCUT2D eigenvalue weighted by molar-refractivity contribution is 0.133. The third-order valence-corrected chi connectivity index (χ3v) is 2.28. The first-order valence-electron chi connectivity index (χ1n) is 5.14. The van der Waals surface area contributed by atoms with Gasteiger partial charge in [-0.2, -0.15) is 4.98 Å². The third kappa shape index (κ3) is 2.98. The zero-order chi connectivity index (χ0) is 13.0. The van der Waals surface area contributed by atoms with E-state index >= 15 is 0 Å². The molecule has 2 N–H and O–H groups in total. The van der Waals surface area contributed by atoms with Crippen LogP contribution in [0.3, 0.4) is 0 Å².